The largest absolute Gasteiger partial charge is 0.497 e. The second-order valence-electron chi connectivity index (χ2n) is 7.10. The molecular weight excluding hydrogens is 452 g/mol. The number of amides is 1. The van der Waals surface area contributed by atoms with Crippen LogP contribution in [0.1, 0.15) is 18.4 Å². The van der Waals surface area contributed by atoms with Gasteiger partial charge in [-0.2, -0.15) is 16.8 Å². The Morgan fingerprint density at radius 3 is 2.61 bits per heavy atom. The average Bonchev–Trinajstić information content (AvgIpc) is 3.07. The standard InChI is InChI=1S/C22H26N2O4S3/c1-16-6-11-19-20(15-16)30-22(24(19)12-13-29-3)23-21(25)5-4-14-31(26,27)18-9-7-17(28-2)8-10-18/h6-11,15H,4-5,12-14H2,1-3H3. The summed E-state index contributed by atoms with van der Waals surface area (Å²) in [6.45, 7) is 2.80. The molecule has 0 bridgehead atoms. The number of rotatable bonds is 9. The third-order valence-corrected chi connectivity index (χ3v) is 8.25. The molecule has 0 radical (unpaired) electrons. The highest BCUT2D eigenvalue weighted by Gasteiger charge is 2.15. The maximum absolute atomic E-state index is 12.5. The Hall–Kier alpha value is -2.10. The van der Waals surface area contributed by atoms with Crippen molar-refractivity contribution in [1.29, 1.82) is 0 Å². The van der Waals surface area contributed by atoms with E-state index in [0.717, 1.165) is 28.1 Å². The molecule has 31 heavy (non-hydrogen) atoms. The van der Waals surface area contributed by atoms with Gasteiger partial charge in [-0.3, -0.25) is 4.79 Å². The van der Waals surface area contributed by atoms with Crippen molar-refractivity contribution in [1.82, 2.24) is 4.57 Å². The predicted molar refractivity (Wildman–Crippen MR) is 128 cm³/mol. The summed E-state index contributed by atoms with van der Waals surface area (Å²) in [5, 5.41) is 0. The highest BCUT2D eigenvalue weighted by atomic mass is 32.2. The Morgan fingerprint density at radius 1 is 1.19 bits per heavy atom. The minimum Gasteiger partial charge on any atom is -0.497 e. The molecule has 0 saturated carbocycles. The van der Waals surface area contributed by atoms with Crippen molar-refractivity contribution in [3.63, 3.8) is 0 Å². The zero-order chi connectivity index (χ0) is 22.4. The SMILES string of the molecule is COc1ccc(S(=O)(=O)CCCC(=O)N=c2sc3cc(C)ccc3n2CCSC)cc1. The zero-order valence-corrected chi connectivity index (χ0v) is 20.3. The number of aromatic nitrogens is 1. The van der Waals surface area contributed by atoms with Crippen LogP contribution in [0.4, 0.5) is 0 Å². The normalized spacial score (nSPS) is 12.4. The lowest BCUT2D eigenvalue weighted by Gasteiger charge is -2.05. The number of carbonyl (C=O) groups excluding carboxylic acids is 1. The molecule has 0 aliphatic heterocycles. The Labute approximate surface area is 190 Å². The lowest BCUT2D eigenvalue weighted by Crippen LogP contribution is -2.18. The number of hydrogen-bond acceptors (Lipinski definition) is 6. The lowest BCUT2D eigenvalue weighted by atomic mass is 10.2. The Morgan fingerprint density at radius 2 is 1.94 bits per heavy atom. The van der Waals surface area contributed by atoms with Crippen LogP contribution in [-0.2, 0) is 21.2 Å². The first-order valence-electron chi connectivity index (χ1n) is 9.87. The highest BCUT2D eigenvalue weighted by molar-refractivity contribution is 7.98. The summed E-state index contributed by atoms with van der Waals surface area (Å²) < 4.78 is 33.2. The molecule has 2 aromatic carbocycles. The van der Waals surface area contributed by atoms with Crippen LogP contribution in [0, 0.1) is 6.92 Å². The molecule has 3 aromatic rings. The number of methoxy groups -OCH3 is 1. The number of hydrogen-bond donors (Lipinski definition) is 0. The second-order valence-corrected chi connectivity index (χ2v) is 11.2. The van der Waals surface area contributed by atoms with Crippen molar-refractivity contribution in [2.24, 2.45) is 4.99 Å². The van der Waals surface area contributed by atoms with Crippen LogP contribution in [0.15, 0.2) is 52.4 Å². The zero-order valence-electron chi connectivity index (χ0n) is 17.8. The fraction of sp³-hybridized carbons (Fsp3) is 0.364. The molecule has 166 valence electrons. The predicted octanol–water partition coefficient (Wildman–Crippen LogP) is 4.06. The monoisotopic (exact) mass is 478 g/mol. The van der Waals surface area contributed by atoms with E-state index in [1.807, 2.05) is 13.2 Å². The molecule has 0 atom stereocenters. The molecular formula is C22H26N2O4S3. The van der Waals surface area contributed by atoms with Gasteiger partial charge in [0.25, 0.3) is 0 Å². The fourth-order valence-electron chi connectivity index (χ4n) is 3.14. The summed E-state index contributed by atoms with van der Waals surface area (Å²) in [4.78, 5) is 17.7. The third kappa shape index (κ3) is 5.99. The molecule has 1 aromatic heterocycles. The topological polar surface area (TPSA) is 77.7 Å². The number of ether oxygens (including phenoxy) is 1. The van der Waals surface area contributed by atoms with Gasteiger partial charge in [0.1, 0.15) is 5.75 Å². The van der Waals surface area contributed by atoms with E-state index in [4.69, 9.17) is 4.74 Å². The van der Waals surface area contributed by atoms with E-state index in [2.05, 4.69) is 27.8 Å². The second kappa shape index (κ2) is 10.5. The molecule has 0 N–H and O–H groups in total. The van der Waals surface area contributed by atoms with E-state index in [1.165, 1.54) is 30.6 Å². The summed E-state index contributed by atoms with van der Waals surface area (Å²) >= 11 is 3.23. The number of aryl methyl sites for hydroxylation is 2. The van der Waals surface area contributed by atoms with Crippen LogP contribution in [0.3, 0.4) is 0 Å². The Balaban J connectivity index is 1.72. The van der Waals surface area contributed by atoms with Crippen molar-refractivity contribution < 1.29 is 17.9 Å². The molecule has 0 fully saturated rings. The molecule has 1 amide bonds. The van der Waals surface area contributed by atoms with Crippen LogP contribution in [0.2, 0.25) is 0 Å². The van der Waals surface area contributed by atoms with Crippen molar-refractivity contribution >= 4 is 49.1 Å². The Bertz CT molecular complexity index is 1230. The van der Waals surface area contributed by atoms with Crippen molar-refractivity contribution in [3.05, 3.63) is 52.8 Å². The van der Waals surface area contributed by atoms with Crippen molar-refractivity contribution in [3.8, 4) is 5.75 Å². The number of thiazole rings is 1. The molecule has 9 heteroatoms. The van der Waals surface area contributed by atoms with Gasteiger partial charge in [-0.1, -0.05) is 17.4 Å². The van der Waals surface area contributed by atoms with Gasteiger partial charge < -0.3 is 9.30 Å². The maximum atomic E-state index is 12.5. The molecule has 0 saturated heterocycles. The minimum atomic E-state index is -3.45. The summed E-state index contributed by atoms with van der Waals surface area (Å²) in [5.74, 6) is 1.12. The van der Waals surface area contributed by atoms with E-state index in [9.17, 15) is 13.2 Å². The first kappa shape index (κ1) is 23.6. The molecule has 0 aliphatic rings. The number of fused-ring (bicyclic) bond motifs is 1. The molecule has 3 rings (SSSR count). The van der Waals surface area contributed by atoms with Gasteiger partial charge in [-0.15, -0.1) is 0 Å². The smallest absolute Gasteiger partial charge is 0.248 e. The van der Waals surface area contributed by atoms with Crippen LogP contribution >= 0.6 is 23.1 Å². The van der Waals surface area contributed by atoms with Crippen LogP contribution in [0.25, 0.3) is 10.2 Å². The summed E-state index contributed by atoms with van der Waals surface area (Å²) in [5.41, 5.74) is 2.23. The van der Waals surface area contributed by atoms with Crippen LogP contribution < -0.4 is 9.54 Å². The average molecular weight is 479 g/mol. The molecule has 6 nitrogen and oxygen atoms in total. The van der Waals surface area contributed by atoms with Crippen molar-refractivity contribution in [2.45, 2.75) is 31.2 Å². The van der Waals surface area contributed by atoms with Crippen molar-refractivity contribution in [2.75, 3.05) is 24.9 Å². The highest BCUT2D eigenvalue weighted by Crippen LogP contribution is 2.20. The van der Waals surface area contributed by atoms with Gasteiger partial charge in [0.2, 0.25) is 5.91 Å². The summed E-state index contributed by atoms with van der Waals surface area (Å²) in [6, 6.07) is 12.5. The van der Waals surface area contributed by atoms with Gasteiger partial charge in [0.15, 0.2) is 14.6 Å². The molecule has 0 spiro atoms. The molecule has 1 heterocycles. The lowest BCUT2D eigenvalue weighted by molar-refractivity contribution is -0.118. The number of carbonyl (C=O) groups is 1. The number of nitrogens with zero attached hydrogens (tertiary/aromatic N) is 2. The van der Waals surface area contributed by atoms with Gasteiger partial charge in [0, 0.05) is 18.7 Å². The van der Waals surface area contributed by atoms with E-state index in [-0.39, 0.29) is 29.4 Å². The molecule has 0 unspecified atom stereocenters. The van der Waals surface area contributed by atoms with Gasteiger partial charge >= 0.3 is 0 Å². The third-order valence-electron chi connectivity index (χ3n) is 4.80. The molecule has 0 aliphatic carbocycles. The first-order chi connectivity index (χ1) is 14.8. The maximum Gasteiger partial charge on any atom is 0.248 e. The van der Waals surface area contributed by atoms with Gasteiger partial charge in [-0.25, -0.2) is 8.42 Å². The van der Waals surface area contributed by atoms with E-state index in [1.54, 1.807) is 23.9 Å². The van der Waals surface area contributed by atoms with Crippen LogP contribution in [0.5, 0.6) is 5.75 Å². The van der Waals surface area contributed by atoms with Gasteiger partial charge in [-0.05, 0) is 61.6 Å². The van der Waals surface area contributed by atoms with E-state index in [0.29, 0.717) is 10.6 Å². The quantitative estimate of drug-likeness (QED) is 0.463. The Kier molecular flexibility index (Phi) is 7.96. The minimum absolute atomic E-state index is 0.0885. The summed E-state index contributed by atoms with van der Waals surface area (Å²) in [7, 11) is -1.93. The van der Waals surface area contributed by atoms with Gasteiger partial charge in [0.05, 0.1) is 28.0 Å². The van der Waals surface area contributed by atoms with E-state index < -0.39 is 9.84 Å². The number of sulfone groups is 1. The van der Waals surface area contributed by atoms with E-state index >= 15 is 0 Å². The number of benzene rings is 2. The fourth-order valence-corrected chi connectivity index (χ4v) is 5.99. The number of thioether (sulfide) groups is 1. The summed E-state index contributed by atoms with van der Waals surface area (Å²) in [6.07, 6.45) is 2.36. The van der Waals surface area contributed by atoms with Crippen LogP contribution in [-0.4, -0.2) is 43.8 Å². The first-order valence-corrected chi connectivity index (χ1v) is 13.7.